The predicted octanol–water partition coefficient (Wildman–Crippen LogP) is 6.72. The number of hydrogen-bond donors (Lipinski definition) is 0. The molecule has 0 saturated carbocycles. The van der Waals surface area contributed by atoms with E-state index in [9.17, 15) is 0 Å². The van der Waals surface area contributed by atoms with Crippen LogP contribution in [0.1, 0.15) is 5.56 Å². The van der Waals surface area contributed by atoms with Crippen LogP contribution in [0.5, 0.6) is 5.75 Å². The molecule has 0 N–H and O–H groups in total. The molecule has 0 aromatic heterocycles. The molecule has 0 aliphatic heterocycles. The van der Waals surface area contributed by atoms with E-state index in [0.29, 0.717) is 5.02 Å². The highest BCUT2D eigenvalue weighted by Crippen LogP contribution is 2.55. The van der Waals surface area contributed by atoms with Crippen molar-refractivity contribution < 1.29 is 4.74 Å². The van der Waals surface area contributed by atoms with E-state index < -0.39 is 7.26 Å². The monoisotopic (exact) mass is 506 g/mol. The summed E-state index contributed by atoms with van der Waals surface area (Å²) in [6.07, 6.45) is 1.96. The van der Waals surface area contributed by atoms with Gasteiger partial charge in [0.15, 0.2) is 0 Å². The second-order valence-corrected chi connectivity index (χ2v) is 12.1. The first kappa shape index (κ1) is 24.0. The van der Waals surface area contributed by atoms with E-state index in [1.165, 1.54) is 21.2 Å². The average Bonchev–Trinajstić information content (AvgIpc) is 2.95. The lowest BCUT2D eigenvalue weighted by molar-refractivity contribution is 0.415. The molecule has 5 aromatic carbocycles. The molecule has 0 aliphatic carbocycles. The molecule has 0 aliphatic rings. The molecule has 36 heavy (non-hydrogen) atoms. The van der Waals surface area contributed by atoms with E-state index in [0.717, 1.165) is 17.0 Å². The van der Waals surface area contributed by atoms with Crippen LogP contribution < -0.4 is 26.0 Å². The van der Waals surface area contributed by atoms with Gasteiger partial charge in [0.25, 0.3) is 0 Å². The van der Waals surface area contributed by atoms with Gasteiger partial charge in [-0.25, -0.2) is 0 Å². The summed E-state index contributed by atoms with van der Waals surface area (Å²) in [4.78, 5) is 4.83. The van der Waals surface area contributed by atoms with Gasteiger partial charge in [0.2, 0.25) is 0 Å². The summed E-state index contributed by atoms with van der Waals surface area (Å²) in [5, 5.41) is 5.69. The molecular weight excluding hydrogens is 481 g/mol. The Morgan fingerprint density at radius 1 is 0.639 bits per heavy atom. The molecule has 0 amide bonds. The Morgan fingerprint density at radius 3 is 1.61 bits per heavy atom. The quantitative estimate of drug-likeness (QED) is 0.177. The highest BCUT2D eigenvalue weighted by Gasteiger charge is 2.49. The molecule has 0 radical (unpaired) electrons. The van der Waals surface area contributed by atoms with Gasteiger partial charge in [-0.05, 0) is 72.8 Å². The van der Waals surface area contributed by atoms with Crippen LogP contribution in [-0.4, -0.2) is 13.3 Å². The van der Waals surface area contributed by atoms with E-state index in [2.05, 4.69) is 103 Å². The van der Waals surface area contributed by atoms with Crippen LogP contribution in [0.2, 0.25) is 5.02 Å². The minimum Gasteiger partial charge on any atom is -0.497 e. The van der Waals surface area contributed by atoms with Crippen molar-refractivity contribution in [1.29, 1.82) is 0 Å². The maximum atomic E-state index is 6.70. The lowest BCUT2D eigenvalue weighted by Crippen LogP contribution is -2.40. The fourth-order valence-corrected chi connectivity index (χ4v) is 9.24. The number of methoxy groups -OCH3 is 1. The minimum absolute atomic E-state index is 0.707. The maximum absolute atomic E-state index is 6.70. The Kier molecular flexibility index (Phi) is 7.28. The van der Waals surface area contributed by atoms with Gasteiger partial charge < -0.3 is 4.74 Å². The molecule has 0 spiro atoms. The van der Waals surface area contributed by atoms with Crippen LogP contribution in [0.3, 0.4) is 0 Å². The molecule has 0 heterocycles. The van der Waals surface area contributed by atoms with Gasteiger partial charge in [0.1, 0.15) is 34.2 Å². The van der Waals surface area contributed by atoms with Crippen LogP contribution in [0.4, 0.5) is 5.69 Å². The van der Waals surface area contributed by atoms with Crippen molar-refractivity contribution >= 4 is 52.0 Å². The summed E-state index contributed by atoms with van der Waals surface area (Å²) < 4.78 is 5.29. The first-order chi connectivity index (χ1) is 17.7. The molecule has 5 rings (SSSR count). The maximum Gasteiger partial charge on any atom is 0.145 e. The second-order valence-electron chi connectivity index (χ2n) is 8.34. The molecule has 0 fully saturated rings. The smallest absolute Gasteiger partial charge is 0.145 e. The van der Waals surface area contributed by atoms with Gasteiger partial charge in [-0.15, -0.1) is 0 Å². The third kappa shape index (κ3) is 4.71. The Morgan fingerprint density at radius 2 is 1.14 bits per heavy atom. The number of ether oxygens (including phenoxy) is 1. The standard InChI is InChI=1S/C32H26ClNOP/c1-35-28-21-19-27(20-22-28)34-24-25-17-18-26(33)23-32(25)36(29-11-5-2-6-12-29,30-13-7-3-8-14-30)31-15-9-4-10-16-31/h2-24H,1H3/q+1. The number of rotatable bonds is 7. The lowest BCUT2D eigenvalue weighted by atomic mass is 10.2. The zero-order valence-corrected chi connectivity index (χ0v) is 21.6. The molecular formula is C32H26ClNOP+. The van der Waals surface area contributed by atoms with Gasteiger partial charge in [0.05, 0.1) is 12.8 Å². The van der Waals surface area contributed by atoms with Gasteiger partial charge in [0, 0.05) is 22.9 Å². The zero-order chi connectivity index (χ0) is 24.8. The molecule has 5 aromatic rings. The third-order valence-corrected chi connectivity index (χ3v) is 10.8. The van der Waals surface area contributed by atoms with Crippen molar-refractivity contribution in [3.63, 3.8) is 0 Å². The summed E-state index contributed by atoms with van der Waals surface area (Å²) in [5.74, 6) is 0.809. The topological polar surface area (TPSA) is 21.6 Å². The van der Waals surface area contributed by atoms with Gasteiger partial charge in [-0.2, -0.15) is 0 Å². The number of nitrogens with zero attached hydrogens (tertiary/aromatic N) is 1. The first-order valence-corrected chi connectivity index (χ1v) is 13.9. The van der Waals surface area contributed by atoms with Crippen LogP contribution >= 0.6 is 18.9 Å². The summed E-state index contributed by atoms with van der Waals surface area (Å²) >= 11 is 6.70. The largest absolute Gasteiger partial charge is 0.497 e. The lowest BCUT2D eigenvalue weighted by Gasteiger charge is -2.28. The molecule has 176 valence electrons. The van der Waals surface area contributed by atoms with E-state index in [1.54, 1.807) is 7.11 Å². The summed E-state index contributed by atoms with van der Waals surface area (Å²) in [6, 6.07) is 46.2. The van der Waals surface area contributed by atoms with Crippen LogP contribution in [0.15, 0.2) is 138 Å². The average molecular weight is 507 g/mol. The Labute approximate surface area is 218 Å². The first-order valence-electron chi connectivity index (χ1n) is 11.8. The summed E-state index contributed by atoms with van der Waals surface area (Å²) in [7, 11) is -0.635. The third-order valence-electron chi connectivity index (χ3n) is 6.21. The van der Waals surface area contributed by atoms with Crippen LogP contribution in [0, 0.1) is 0 Å². The predicted molar refractivity (Wildman–Crippen MR) is 156 cm³/mol. The van der Waals surface area contributed by atoms with E-state index in [4.69, 9.17) is 21.3 Å². The molecule has 0 atom stereocenters. The van der Waals surface area contributed by atoms with E-state index in [1.807, 2.05) is 36.5 Å². The number of hydrogen-bond acceptors (Lipinski definition) is 2. The van der Waals surface area contributed by atoms with Gasteiger partial charge in [-0.3, -0.25) is 4.99 Å². The van der Waals surface area contributed by atoms with Gasteiger partial charge >= 0.3 is 0 Å². The van der Waals surface area contributed by atoms with Crippen molar-refractivity contribution in [3.8, 4) is 5.75 Å². The summed E-state index contributed by atoms with van der Waals surface area (Å²) in [6.45, 7) is 0. The Bertz CT molecular complexity index is 1360. The summed E-state index contributed by atoms with van der Waals surface area (Å²) in [5.41, 5.74) is 1.90. The Balaban J connectivity index is 1.80. The number of benzene rings is 5. The van der Waals surface area contributed by atoms with E-state index in [-0.39, 0.29) is 0 Å². The van der Waals surface area contributed by atoms with Crippen molar-refractivity contribution in [1.82, 2.24) is 0 Å². The molecule has 0 unspecified atom stereocenters. The Hall–Kier alpha value is -3.71. The van der Waals surface area contributed by atoms with Crippen molar-refractivity contribution in [2.24, 2.45) is 4.99 Å². The number of halogens is 1. The van der Waals surface area contributed by atoms with Gasteiger partial charge in [-0.1, -0.05) is 66.2 Å². The second kappa shape index (κ2) is 10.9. The van der Waals surface area contributed by atoms with Crippen LogP contribution in [-0.2, 0) is 0 Å². The molecule has 2 nitrogen and oxygen atoms in total. The minimum atomic E-state index is -2.30. The fraction of sp³-hybridized carbons (Fsp3) is 0.0312. The highest BCUT2D eigenvalue weighted by molar-refractivity contribution is 8.01. The SMILES string of the molecule is COc1ccc(N=Cc2ccc(Cl)cc2[P+](c2ccccc2)(c2ccccc2)c2ccccc2)cc1. The van der Waals surface area contributed by atoms with Crippen molar-refractivity contribution in [2.75, 3.05) is 7.11 Å². The number of aliphatic imine (C=N–C) groups is 1. The van der Waals surface area contributed by atoms with Crippen molar-refractivity contribution in [2.45, 2.75) is 0 Å². The molecule has 4 heteroatoms. The van der Waals surface area contributed by atoms with Crippen molar-refractivity contribution in [3.05, 3.63) is 144 Å². The zero-order valence-electron chi connectivity index (χ0n) is 20.0. The fourth-order valence-electron chi connectivity index (χ4n) is 4.55. The highest BCUT2D eigenvalue weighted by atomic mass is 35.5. The van der Waals surface area contributed by atoms with Crippen LogP contribution in [0.25, 0.3) is 0 Å². The normalized spacial score (nSPS) is 11.5. The van der Waals surface area contributed by atoms with E-state index >= 15 is 0 Å². The molecule has 0 saturated heterocycles. The molecule has 0 bridgehead atoms.